The Balaban J connectivity index is 1.57. The van der Waals surface area contributed by atoms with E-state index in [9.17, 15) is 23.3 Å². The molecule has 0 aliphatic carbocycles. The maximum absolute atomic E-state index is 13.4. The molecule has 12 nitrogen and oxygen atoms in total. The minimum Gasteiger partial charge on any atom is -0.469 e. The first-order valence-electron chi connectivity index (χ1n) is 12.5. The van der Waals surface area contributed by atoms with Gasteiger partial charge in [-0.25, -0.2) is 23.1 Å². The first kappa shape index (κ1) is 29.3. The molecule has 1 aromatic heterocycles. The maximum atomic E-state index is 13.4. The maximum Gasteiger partial charge on any atom is 0.310 e. The number of nitriles is 1. The highest BCUT2D eigenvalue weighted by Crippen LogP contribution is 2.33. The fourth-order valence-electron chi connectivity index (χ4n) is 4.15. The largest absolute Gasteiger partial charge is 0.469 e. The minimum atomic E-state index is -3.86. The zero-order chi connectivity index (χ0) is 29.8. The molecule has 1 aliphatic heterocycles. The Kier molecular flexibility index (Phi) is 8.18. The van der Waals surface area contributed by atoms with Crippen LogP contribution >= 0.6 is 0 Å². The van der Waals surface area contributed by atoms with E-state index in [0.29, 0.717) is 28.0 Å². The number of sulfonamides is 1. The van der Waals surface area contributed by atoms with Crippen molar-refractivity contribution in [1.82, 2.24) is 14.7 Å². The lowest BCUT2D eigenvalue weighted by Crippen LogP contribution is -2.45. The van der Waals surface area contributed by atoms with Crippen molar-refractivity contribution >= 4 is 33.6 Å². The molecule has 0 saturated carbocycles. The molecule has 0 bridgehead atoms. The Bertz CT molecular complexity index is 1660. The van der Waals surface area contributed by atoms with Gasteiger partial charge in [-0.2, -0.15) is 5.26 Å². The number of nitrogens with one attached hydrogen (secondary N) is 2. The van der Waals surface area contributed by atoms with Crippen molar-refractivity contribution in [3.05, 3.63) is 72.1 Å². The monoisotopic (exact) mass is 576 g/mol. The summed E-state index contributed by atoms with van der Waals surface area (Å²) in [5, 5.41) is 15.8. The molecule has 0 fully saturated rings. The Morgan fingerprint density at radius 3 is 2.46 bits per heavy atom. The highest BCUT2D eigenvalue weighted by Gasteiger charge is 2.49. The molecule has 13 heteroatoms. The number of anilines is 1. The van der Waals surface area contributed by atoms with Crippen LogP contribution in [-0.2, 0) is 29.2 Å². The summed E-state index contributed by atoms with van der Waals surface area (Å²) in [6, 6.07) is 15.1. The lowest BCUT2D eigenvalue weighted by Gasteiger charge is -2.23. The van der Waals surface area contributed by atoms with E-state index < -0.39 is 39.5 Å². The van der Waals surface area contributed by atoms with Gasteiger partial charge in [0.05, 0.1) is 35.8 Å². The van der Waals surface area contributed by atoms with Gasteiger partial charge in [0.25, 0.3) is 5.91 Å². The third-order valence-corrected chi connectivity index (χ3v) is 7.80. The lowest BCUT2D eigenvalue weighted by atomic mass is 9.90. The summed E-state index contributed by atoms with van der Waals surface area (Å²) in [5.74, 6) is -1.52. The van der Waals surface area contributed by atoms with Gasteiger partial charge in [-0.15, -0.1) is 0 Å². The summed E-state index contributed by atoms with van der Waals surface area (Å²) in [4.78, 5) is 39.6. The number of hydrogen-bond acceptors (Lipinski definition) is 10. The minimum absolute atomic E-state index is 0.0526. The standard InChI is InChI=1S/C28H28N6O6S/c1-27(2,3)34-41(37,38)23-11-6-5-10-21(23)20-16-30-26(31-17-20)32-25(36)28(14-24(35)39-4)13-22(33-40-28)19-9-7-8-18(12-19)15-29/h5-12,16-17,34H,13-14H2,1-4H3,(H,30,31,32,36)/t28-/m0/s1. The Hall–Kier alpha value is -4.67. The highest BCUT2D eigenvalue weighted by molar-refractivity contribution is 7.89. The van der Waals surface area contributed by atoms with Crippen LogP contribution in [0.5, 0.6) is 0 Å². The number of aromatic nitrogens is 2. The van der Waals surface area contributed by atoms with E-state index in [1.807, 2.05) is 6.07 Å². The van der Waals surface area contributed by atoms with Crippen molar-refractivity contribution in [2.24, 2.45) is 5.16 Å². The number of methoxy groups -OCH3 is 1. The molecule has 0 saturated heterocycles. The van der Waals surface area contributed by atoms with Crippen molar-refractivity contribution in [1.29, 1.82) is 5.26 Å². The summed E-state index contributed by atoms with van der Waals surface area (Å²) < 4.78 is 33.5. The zero-order valence-electron chi connectivity index (χ0n) is 22.8. The van der Waals surface area contributed by atoms with Gasteiger partial charge in [-0.05, 0) is 39.0 Å². The van der Waals surface area contributed by atoms with Crippen molar-refractivity contribution in [3.8, 4) is 17.2 Å². The van der Waals surface area contributed by atoms with Crippen LogP contribution in [0.25, 0.3) is 11.1 Å². The molecular formula is C28H28N6O6S. The molecule has 4 rings (SSSR count). The van der Waals surface area contributed by atoms with Crippen molar-refractivity contribution in [2.75, 3.05) is 12.4 Å². The van der Waals surface area contributed by atoms with Crippen LogP contribution in [0.4, 0.5) is 5.95 Å². The van der Waals surface area contributed by atoms with Crippen LogP contribution in [-0.4, -0.2) is 54.2 Å². The number of benzene rings is 2. The number of carbonyl (C=O) groups excluding carboxylic acids is 2. The van der Waals surface area contributed by atoms with Gasteiger partial charge < -0.3 is 9.57 Å². The van der Waals surface area contributed by atoms with Crippen molar-refractivity contribution < 1.29 is 27.6 Å². The van der Waals surface area contributed by atoms with Gasteiger partial charge in [-0.1, -0.05) is 35.5 Å². The van der Waals surface area contributed by atoms with Crippen LogP contribution in [0, 0.1) is 11.3 Å². The van der Waals surface area contributed by atoms with Crippen LogP contribution in [0.15, 0.2) is 71.0 Å². The predicted molar refractivity (Wildman–Crippen MR) is 149 cm³/mol. The summed E-state index contributed by atoms with van der Waals surface area (Å²) in [6.45, 7) is 5.23. The molecule has 2 heterocycles. The zero-order valence-corrected chi connectivity index (χ0v) is 23.7. The quantitative estimate of drug-likeness (QED) is 0.382. The number of nitrogens with zero attached hydrogens (tertiary/aromatic N) is 4. The average molecular weight is 577 g/mol. The van der Waals surface area contributed by atoms with Crippen LogP contribution < -0.4 is 10.0 Å². The molecule has 1 aliphatic rings. The van der Waals surface area contributed by atoms with E-state index in [2.05, 4.69) is 25.2 Å². The van der Waals surface area contributed by atoms with Crippen LogP contribution in [0.2, 0.25) is 0 Å². The smallest absolute Gasteiger partial charge is 0.310 e. The van der Waals surface area contributed by atoms with Gasteiger partial charge in [0.15, 0.2) is 0 Å². The molecule has 2 N–H and O–H groups in total. The molecule has 2 aromatic carbocycles. The molecule has 0 radical (unpaired) electrons. The van der Waals surface area contributed by atoms with Gasteiger partial charge >= 0.3 is 5.97 Å². The second-order valence-corrected chi connectivity index (χ2v) is 12.0. The first-order chi connectivity index (χ1) is 19.4. The van der Waals surface area contributed by atoms with E-state index in [1.165, 1.54) is 25.6 Å². The van der Waals surface area contributed by atoms with Gasteiger partial charge in [0.2, 0.25) is 21.6 Å². The molecule has 212 valence electrons. The summed E-state index contributed by atoms with van der Waals surface area (Å²) >= 11 is 0. The Labute approximate surface area is 237 Å². The van der Waals surface area contributed by atoms with Gasteiger partial charge in [0.1, 0.15) is 0 Å². The van der Waals surface area contributed by atoms with E-state index in [0.717, 1.165) is 0 Å². The number of hydrogen-bond donors (Lipinski definition) is 2. The number of esters is 1. The second kappa shape index (κ2) is 11.4. The van der Waals surface area contributed by atoms with Crippen LogP contribution in [0.1, 0.15) is 44.7 Å². The fraction of sp³-hybridized carbons (Fsp3) is 0.286. The van der Waals surface area contributed by atoms with E-state index >= 15 is 0 Å². The van der Waals surface area contributed by atoms with Gasteiger partial charge in [0, 0.05) is 41.0 Å². The summed E-state index contributed by atoms with van der Waals surface area (Å²) in [7, 11) is -2.67. The average Bonchev–Trinajstić information content (AvgIpc) is 3.37. The molecular weight excluding hydrogens is 548 g/mol. The van der Waals surface area contributed by atoms with E-state index in [-0.39, 0.29) is 17.3 Å². The fourth-order valence-corrected chi connectivity index (χ4v) is 5.80. The number of oxime groups is 1. The number of carbonyl (C=O) groups is 2. The predicted octanol–water partition coefficient (Wildman–Crippen LogP) is 3.16. The van der Waals surface area contributed by atoms with E-state index in [4.69, 9.17) is 9.57 Å². The van der Waals surface area contributed by atoms with Crippen molar-refractivity contribution in [2.45, 2.75) is 49.6 Å². The molecule has 3 aromatic rings. The first-order valence-corrected chi connectivity index (χ1v) is 13.9. The van der Waals surface area contributed by atoms with Crippen molar-refractivity contribution in [3.63, 3.8) is 0 Å². The van der Waals surface area contributed by atoms with E-state index in [1.54, 1.807) is 63.2 Å². The number of rotatable bonds is 8. The summed E-state index contributed by atoms with van der Waals surface area (Å²) in [5.41, 5.74) is -0.313. The molecule has 1 amide bonds. The molecule has 41 heavy (non-hydrogen) atoms. The van der Waals surface area contributed by atoms with Gasteiger partial charge in [-0.3, -0.25) is 14.9 Å². The molecule has 0 unspecified atom stereocenters. The SMILES string of the molecule is COC(=O)C[C@]1(C(=O)Nc2ncc(-c3ccccc3S(=O)(=O)NC(C)(C)C)cn2)CC(c2cccc(C#N)c2)=NO1. The lowest BCUT2D eigenvalue weighted by molar-refractivity contribution is -0.155. The summed E-state index contributed by atoms with van der Waals surface area (Å²) in [6.07, 6.45) is 2.25. The Morgan fingerprint density at radius 2 is 1.80 bits per heavy atom. The number of ether oxygens (including phenoxy) is 1. The molecule has 1 atom stereocenters. The normalized spacial score (nSPS) is 16.7. The highest BCUT2D eigenvalue weighted by atomic mass is 32.2. The Morgan fingerprint density at radius 1 is 1.10 bits per heavy atom. The second-order valence-electron chi connectivity index (χ2n) is 10.3. The third-order valence-electron chi connectivity index (χ3n) is 5.99. The third kappa shape index (κ3) is 6.74. The molecule has 0 spiro atoms. The van der Waals surface area contributed by atoms with Crippen LogP contribution in [0.3, 0.4) is 0 Å². The number of amides is 1. The topological polar surface area (TPSA) is 173 Å².